The van der Waals surface area contributed by atoms with Gasteiger partial charge >= 0.3 is 0 Å². The van der Waals surface area contributed by atoms with Gasteiger partial charge in [-0.2, -0.15) is 0 Å². The van der Waals surface area contributed by atoms with Gasteiger partial charge in [-0.25, -0.2) is 0 Å². The number of phenols is 2. The summed E-state index contributed by atoms with van der Waals surface area (Å²) in [5.41, 5.74) is 7.18. The maximum atomic E-state index is 10.8. The average molecular weight is 336 g/mol. The molecule has 0 saturated carbocycles. The maximum Gasteiger partial charge on any atom is 0.122 e. The van der Waals surface area contributed by atoms with Gasteiger partial charge in [0, 0.05) is 17.0 Å². The third-order valence-corrected chi connectivity index (χ3v) is 5.27. The molecule has 132 valence electrons. The van der Waals surface area contributed by atoms with Crippen LogP contribution in [-0.4, -0.2) is 10.2 Å². The lowest BCUT2D eigenvalue weighted by Crippen LogP contribution is -2.10. The van der Waals surface area contributed by atoms with Crippen molar-refractivity contribution in [2.24, 2.45) is 0 Å². The van der Waals surface area contributed by atoms with Gasteiger partial charge in [0.05, 0.1) is 0 Å². The highest BCUT2D eigenvalue weighted by atomic mass is 16.3. The van der Waals surface area contributed by atoms with Crippen molar-refractivity contribution in [1.82, 2.24) is 0 Å². The van der Waals surface area contributed by atoms with Crippen LogP contribution in [0.2, 0.25) is 0 Å². The Morgan fingerprint density at radius 2 is 1.28 bits per heavy atom. The molecule has 2 heteroatoms. The van der Waals surface area contributed by atoms with Gasteiger partial charge in [0.15, 0.2) is 0 Å². The van der Waals surface area contributed by atoms with Gasteiger partial charge in [-0.15, -0.1) is 0 Å². The molecular weight excluding hydrogens is 308 g/mol. The molecule has 3 rings (SSSR count). The van der Waals surface area contributed by atoms with Crippen molar-refractivity contribution in [3.63, 3.8) is 0 Å². The summed E-state index contributed by atoms with van der Waals surface area (Å²) in [4.78, 5) is 0. The lowest BCUT2D eigenvalue weighted by Gasteiger charge is -2.27. The van der Waals surface area contributed by atoms with Crippen LogP contribution in [0.3, 0.4) is 0 Å². The minimum atomic E-state index is -0.0856. The Morgan fingerprint density at radius 1 is 0.760 bits per heavy atom. The molecule has 2 nitrogen and oxygen atoms in total. The topological polar surface area (TPSA) is 40.5 Å². The molecule has 0 aliphatic heterocycles. The molecular formula is C23H28O2. The first kappa shape index (κ1) is 17.6. The van der Waals surface area contributed by atoms with Gasteiger partial charge in [0.25, 0.3) is 0 Å². The molecule has 0 heterocycles. The average Bonchev–Trinajstić information content (AvgIpc) is 2.57. The molecule has 0 saturated heterocycles. The fourth-order valence-electron chi connectivity index (χ4n) is 4.12. The molecule has 2 aromatic carbocycles. The van der Waals surface area contributed by atoms with Crippen LogP contribution in [-0.2, 0) is 0 Å². The fraction of sp³-hybridized carbons (Fsp3) is 0.391. The molecule has 0 atom stereocenters. The smallest absolute Gasteiger partial charge is 0.122 e. The van der Waals surface area contributed by atoms with Gasteiger partial charge in [0.1, 0.15) is 11.5 Å². The van der Waals surface area contributed by atoms with Crippen LogP contribution in [0.15, 0.2) is 35.9 Å². The first-order valence-corrected chi connectivity index (χ1v) is 9.17. The van der Waals surface area contributed by atoms with E-state index in [4.69, 9.17) is 0 Å². The molecule has 0 aromatic heterocycles. The maximum absolute atomic E-state index is 10.8. The highest BCUT2D eigenvalue weighted by Crippen LogP contribution is 2.45. The fourth-order valence-corrected chi connectivity index (χ4v) is 4.12. The van der Waals surface area contributed by atoms with Crippen molar-refractivity contribution in [1.29, 1.82) is 0 Å². The highest BCUT2D eigenvalue weighted by Gasteiger charge is 2.27. The second-order valence-electron chi connectivity index (χ2n) is 7.50. The van der Waals surface area contributed by atoms with E-state index in [-0.39, 0.29) is 5.92 Å². The number of aryl methyl sites for hydroxylation is 4. The molecule has 0 fully saturated rings. The number of allylic oxidation sites excluding steroid dienone is 2. The first-order chi connectivity index (χ1) is 11.9. The van der Waals surface area contributed by atoms with E-state index in [0.717, 1.165) is 46.2 Å². The van der Waals surface area contributed by atoms with Crippen LogP contribution in [0.4, 0.5) is 0 Å². The Balaban J connectivity index is 2.27. The summed E-state index contributed by atoms with van der Waals surface area (Å²) in [6, 6.07) is 8.15. The van der Waals surface area contributed by atoms with Gasteiger partial charge < -0.3 is 10.2 Å². The minimum Gasteiger partial charge on any atom is -0.507 e. The lowest BCUT2D eigenvalue weighted by atomic mass is 9.78. The van der Waals surface area contributed by atoms with E-state index < -0.39 is 0 Å². The Labute approximate surface area is 150 Å². The lowest BCUT2D eigenvalue weighted by molar-refractivity contribution is 0.451. The predicted octanol–water partition coefficient (Wildman–Crippen LogP) is 5.96. The molecule has 1 aliphatic rings. The molecule has 0 bridgehead atoms. The van der Waals surface area contributed by atoms with E-state index in [1.165, 1.54) is 18.4 Å². The quantitative estimate of drug-likeness (QED) is 0.679. The van der Waals surface area contributed by atoms with E-state index in [1.54, 1.807) is 0 Å². The number of rotatable bonds is 3. The first-order valence-electron chi connectivity index (χ1n) is 9.17. The van der Waals surface area contributed by atoms with Gasteiger partial charge in [-0.05, 0) is 64.5 Å². The van der Waals surface area contributed by atoms with E-state index >= 15 is 0 Å². The molecule has 2 N–H and O–H groups in total. The summed E-state index contributed by atoms with van der Waals surface area (Å²) >= 11 is 0. The van der Waals surface area contributed by atoms with E-state index in [0.29, 0.717) is 11.5 Å². The molecule has 0 unspecified atom stereocenters. The van der Waals surface area contributed by atoms with Crippen molar-refractivity contribution in [3.8, 4) is 11.5 Å². The zero-order chi connectivity index (χ0) is 18.1. The number of benzene rings is 2. The van der Waals surface area contributed by atoms with Gasteiger partial charge in [0.2, 0.25) is 0 Å². The van der Waals surface area contributed by atoms with Crippen molar-refractivity contribution in [2.75, 3.05) is 0 Å². The van der Waals surface area contributed by atoms with E-state index in [2.05, 4.69) is 32.1 Å². The van der Waals surface area contributed by atoms with Crippen LogP contribution < -0.4 is 0 Å². The SMILES string of the molecule is Cc1cc(C)c(O)c(C(C2=CCCCC2)c2cc(C)cc(C)c2O)c1. The number of hydrogen-bond acceptors (Lipinski definition) is 2. The third-order valence-electron chi connectivity index (χ3n) is 5.27. The number of aromatic hydroxyl groups is 2. The van der Waals surface area contributed by atoms with Crippen LogP contribution >= 0.6 is 0 Å². The van der Waals surface area contributed by atoms with Crippen molar-refractivity contribution >= 4 is 0 Å². The second kappa shape index (κ2) is 6.95. The summed E-state index contributed by atoms with van der Waals surface area (Å²) in [6.07, 6.45) is 6.78. The summed E-state index contributed by atoms with van der Waals surface area (Å²) in [7, 11) is 0. The largest absolute Gasteiger partial charge is 0.507 e. The van der Waals surface area contributed by atoms with E-state index in [1.807, 2.05) is 26.0 Å². The predicted molar refractivity (Wildman–Crippen MR) is 104 cm³/mol. The van der Waals surface area contributed by atoms with Crippen LogP contribution in [0, 0.1) is 27.7 Å². The van der Waals surface area contributed by atoms with Gasteiger partial charge in [-0.1, -0.05) is 47.0 Å². The molecule has 2 aromatic rings. The molecule has 0 amide bonds. The number of phenolic OH excluding ortho intramolecular Hbond substituents is 2. The normalized spacial score (nSPS) is 14.7. The van der Waals surface area contributed by atoms with Crippen LogP contribution in [0.1, 0.15) is 65.0 Å². The van der Waals surface area contributed by atoms with Crippen LogP contribution in [0.25, 0.3) is 0 Å². The standard InChI is InChI=1S/C23H28O2/c1-14-10-16(3)22(24)19(12-14)21(18-8-6-5-7-9-18)20-13-15(2)11-17(4)23(20)25/h8,10-13,21,24-25H,5-7,9H2,1-4H3. The molecule has 1 aliphatic carbocycles. The number of hydrogen-bond donors (Lipinski definition) is 2. The summed E-state index contributed by atoms with van der Waals surface area (Å²) in [6.45, 7) is 8.01. The highest BCUT2D eigenvalue weighted by molar-refractivity contribution is 5.57. The Bertz CT molecular complexity index is 773. The monoisotopic (exact) mass is 336 g/mol. The van der Waals surface area contributed by atoms with Gasteiger partial charge in [-0.3, -0.25) is 0 Å². The van der Waals surface area contributed by atoms with Crippen molar-refractivity contribution < 1.29 is 10.2 Å². The van der Waals surface area contributed by atoms with Crippen molar-refractivity contribution in [3.05, 3.63) is 69.3 Å². The van der Waals surface area contributed by atoms with Crippen molar-refractivity contribution in [2.45, 2.75) is 59.3 Å². The van der Waals surface area contributed by atoms with Crippen LogP contribution in [0.5, 0.6) is 11.5 Å². The molecule has 0 spiro atoms. The summed E-state index contributed by atoms with van der Waals surface area (Å²) in [5, 5.41) is 21.6. The van der Waals surface area contributed by atoms with E-state index in [9.17, 15) is 10.2 Å². The minimum absolute atomic E-state index is 0.0856. The third kappa shape index (κ3) is 3.44. The Hall–Kier alpha value is -2.22. The zero-order valence-electron chi connectivity index (χ0n) is 15.7. The summed E-state index contributed by atoms with van der Waals surface area (Å²) < 4.78 is 0. The molecule has 0 radical (unpaired) electrons. The molecule has 25 heavy (non-hydrogen) atoms. The Kier molecular flexibility index (Phi) is 4.89. The second-order valence-corrected chi connectivity index (χ2v) is 7.50. The summed E-state index contributed by atoms with van der Waals surface area (Å²) in [5.74, 6) is 0.610. The zero-order valence-corrected chi connectivity index (χ0v) is 15.7. The Morgan fingerprint density at radius 3 is 1.72 bits per heavy atom.